The lowest BCUT2D eigenvalue weighted by molar-refractivity contribution is 0.410. The first-order valence-electron chi connectivity index (χ1n) is 3.32. The van der Waals surface area contributed by atoms with Gasteiger partial charge in [-0.05, 0) is 28.1 Å². The fourth-order valence-corrected chi connectivity index (χ4v) is 2.59. The molecule has 0 aromatic heterocycles. The van der Waals surface area contributed by atoms with Gasteiger partial charge in [0.2, 0.25) is 10.0 Å². The predicted molar refractivity (Wildman–Crippen MR) is 52.1 cm³/mol. The van der Waals surface area contributed by atoms with Gasteiger partial charge in [-0.15, -0.1) is 0 Å². The number of primary sulfonamides is 1. The highest BCUT2D eigenvalue weighted by Gasteiger charge is 2.14. The molecule has 2 N–H and O–H groups in total. The topological polar surface area (TPSA) is 69.4 Å². The van der Waals surface area contributed by atoms with E-state index < -0.39 is 10.0 Å². The third kappa shape index (κ3) is 2.20. The Morgan fingerprint density at radius 3 is 2.54 bits per heavy atom. The molecule has 0 aliphatic carbocycles. The predicted octanol–water partition coefficient (Wildman–Crippen LogP) is 1.11. The first kappa shape index (κ1) is 10.5. The summed E-state index contributed by atoms with van der Waals surface area (Å²) in [6, 6.07) is 4.60. The van der Waals surface area contributed by atoms with Crippen LogP contribution >= 0.6 is 15.9 Å². The van der Waals surface area contributed by atoms with E-state index in [1.54, 1.807) is 12.1 Å². The van der Waals surface area contributed by atoms with Gasteiger partial charge in [-0.2, -0.15) is 0 Å². The van der Waals surface area contributed by atoms with Crippen molar-refractivity contribution in [2.24, 2.45) is 5.14 Å². The Morgan fingerprint density at radius 2 is 2.08 bits per heavy atom. The van der Waals surface area contributed by atoms with E-state index in [-0.39, 0.29) is 4.90 Å². The van der Waals surface area contributed by atoms with Crippen molar-refractivity contribution in [1.82, 2.24) is 0 Å². The van der Waals surface area contributed by atoms with Crippen molar-refractivity contribution in [2.45, 2.75) is 4.90 Å². The first-order chi connectivity index (χ1) is 5.96. The second-order valence-corrected chi connectivity index (χ2v) is 4.64. The lowest BCUT2D eigenvalue weighted by atomic mass is 10.3. The van der Waals surface area contributed by atoms with Gasteiger partial charge >= 0.3 is 0 Å². The summed E-state index contributed by atoms with van der Waals surface area (Å²) < 4.78 is 27.3. The number of rotatable bonds is 2. The number of benzene rings is 1. The summed E-state index contributed by atoms with van der Waals surface area (Å²) in [7, 11) is -2.24. The van der Waals surface area contributed by atoms with Crippen LogP contribution in [0.15, 0.2) is 27.6 Å². The Morgan fingerprint density at radius 1 is 1.46 bits per heavy atom. The maximum absolute atomic E-state index is 11.0. The molecule has 1 aromatic rings. The van der Waals surface area contributed by atoms with Gasteiger partial charge in [0, 0.05) is 0 Å². The van der Waals surface area contributed by atoms with Crippen LogP contribution in [-0.4, -0.2) is 15.5 Å². The molecule has 1 aromatic carbocycles. The average Bonchev–Trinajstić information content (AvgIpc) is 2.02. The molecule has 0 amide bonds. The van der Waals surface area contributed by atoms with Crippen LogP contribution in [-0.2, 0) is 10.0 Å². The molecule has 4 nitrogen and oxygen atoms in total. The van der Waals surface area contributed by atoms with Gasteiger partial charge in [0.1, 0.15) is 5.75 Å². The van der Waals surface area contributed by atoms with E-state index >= 15 is 0 Å². The van der Waals surface area contributed by atoms with Crippen LogP contribution in [0, 0.1) is 0 Å². The van der Waals surface area contributed by atoms with Crippen molar-refractivity contribution < 1.29 is 13.2 Å². The second kappa shape index (κ2) is 3.65. The molecular formula is C7H8BrNO3S. The maximum atomic E-state index is 11.0. The minimum absolute atomic E-state index is 0.0202. The van der Waals surface area contributed by atoms with Crippen LogP contribution in [0.2, 0.25) is 0 Å². The number of sulfonamides is 1. The van der Waals surface area contributed by atoms with Crippen molar-refractivity contribution in [3.05, 3.63) is 22.7 Å². The molecule has 0 radical (unpaired) electrons. The Kier molecular flexibility index (Phi) is 2.94. The van der Waals surface area contributed by atoms with Gasteiger partial charge in [0.15, 0.2) is 0 Å². The average molecular weight is 266 g/mol. The molecule has 0 aliphatic heterocycles. The summed E-state index contributed by atoms with van der Waals surface area (Å²) in [6.45, 7) is 0. The molecule has 0 aliphatic rings. The number of hydrogen-bond acceptors (Lipinski definition) is 3. The van der Waals surface area contributed by atoms with Crippen molar-refractivity contribution in [2.75, 3.05) is 7.11 Å². The number of halogens is 1. The molecule has 0 atom stereocenters. The minimum atomic E-state index is -3.69. The Bertz CT molecular complexity index is 416. The van der Waals surface area contributed by atoms with Crippen LogP contribution < -0.4 is 9.88 Å². The quantitative estimate of drug-likeness (QED) is 0.871. The van der Waals surface area contributed by atoms with Crippen LogP contribution in [0.5, 0.6) is 5.75 Å². The van der Waals surface area contributed by atoms with Crippen LogP contribution in [0.4, 0.5) is 0 Å². The lowest BCUT2D eigenvalue weighted by Crippen LogP contribution is -2.12. The summed E-state index contributed by atoms with van der Waals surface area (Å²) in [5, 5.41) is 4.97. The normalized spacial score (nSPS) is 11.3. The van der Waals surface area contributed by atoms with E-state index in [1.807, 2.05) is 0 Å². The third-order valence-electron chi connectivity index (χ3n) is 1.45. The molecule has 72 valence electrons. The van der Waals surface area contributed by atoms with Gasteiger partial charge < -0.3 is 4.74 Å². The van der Waals surface area contributed by atoms with E-state index in [0.29, 0.717) is 10.2 Å². The zero-order valence-corrected chi connectivity index (χ0v) is 9.22. The van der Waals surface area contributed by atoms with Crippen LogP contribution in [0.25, 0.3) is 0 Å². The monoisotopic (exact) mass is 265 g/mol. The van der Waals surface area contributed by atoms with Gasteiger partial charge in [0.25, 0.3) is 0 Å². The SMILES string of the molecule is COc1cccc(S(N)(=O)=O)c1Br. The van der Waals surface area contributed by atoms with Crippen molar-refractivity contribution in [3.8, 4) is 5.75 Å². The molecule has 0 spiro atoms. The second-order valence-electron chi connectivity index (χ2n) is 2.32. The zero-order valence-electron chi connectivity index (χ0n) is 6.82. The number of nitrogens with two attached hydrogens (primary N) is 1. The van der Waals surface area contributed by atoms with Crippen molar-refractivity contribution >= 4 is 26.0 Å². The Labute approximate surface area is 84.9 Å². The van der Waals surface area contributed by atoms with Gasteiger partial charge in [-0.25, -0.2) is 13.6 Å². The standard InChI is InChI=1S/C7H8BrNO3S/c1-12-5-3-2-4-6(7(5)8)13(9,10)11/h2-4H,1H3,(H2,9,10,11). The number of methoxy groups -OCH3 is 1. The first-order valence-corrected chi connectivity index (χ1v) is 5.66. The van der Waals surface area contributed by atoms with E-state index in [9.17, 15) is 8.42 Å². The molecule has 1 rings (SSSR count). The van der Waals surface area contributed by atoms with Crippen LogP contribution in [0.1, 0.15) is 0 Å². The Balaban J connectivity index is 3.41. The van der Waals surface area contributed by atoms with E-state index in [0.717, 1.165) is 0 Å². The molecule has 0 saturated heterocycles. The largest absolute Gasteiger partial charge is 0.496 e. The number of ether oxygens (including phenoxy) is 1. The molecule has 0 bridgehead atoms. The lowest BCUT2D eigenvalue weighted by Gasteiger charge is -2.06. The Hall–Kier alpha value is -0.590. The smallest absolute Gasteiger partial charge is 0.239 e. The summed E-state index contributed by atoms with van der Waals surface area (Å²) in [6.07, 6.45) is 0. The summed E-state index contributed by atoms with van der Waals surface area (Å²) in [5.74, 6) is 0.437. The van der Waals surface area contributed by atoms with E-state index in [2.05, 4.69) is 15.9 Å². The molecule has 0 unspecified atom stereocenters. The van der Waals surface area contributed by atoms with Crippen molar-refractivity contribution in [1.29, 1.82) is 0 Å². The minimum Gasteiger partial charge on any atom is -0.496 e. The molecule has 6 heteroatoms. The fraction of sp³-hybridized carbons (Fsp3) is 0.143. The van der Waals surface area contributed by atoms with Crippen molar-refractivity contribution in [3.63, 3.8) is 0 Å². The fourth-order valence-electron chi connectivity index (χ4n) is 0.868. The molecule has 13 heavy (non-hydrogen) atoms. The number of hydrogen-bond donors (Lipinski definition) is 1. The summed E-state index contributed by atoms with van der Waals surface area (Å²) >= 11 is 3.09. The maximum Gasteiger partial charge on any atom is 0.239 e. The van der Waals surface area contributed by atoms with E-state index in [1.165, 1.54) is 13.2 Å². The van der Waals surface area contributed by atoms with Crippen LogP contribution in [0.3, 0.4) is 0 Å². The molecule has 0 fully saturated rings. The molecule has 0 heterocycles. The van der Waals surface area contributed by atoms with Gasteiger partial charge in [-0.3, -0.25) is 0 Å². The summed E-state index contributed by atoms with van der Waals surface area (Å²) in [5.41, 5.74) is 0. The summed E-state index contributed by atoms with van der Waals surface area (Å²) in [4.78, 5) is 0.0202. The zero-order chi connectivity index (χ0) is 10.1. The van der Waals surface area contributed by atoms with Gasteiger partial charge in [0.05, 0.1) is 16.5 Å². The highest BCUT2D eigenvalue weighted by molar-refractivity contribution is 9.10. The highest BCUT2D eigenvalue weighted by Crippen LogP contribution is 2.30. The molecule has 0 saturated carbocycles. The highest BCUT2D eigenvalue weighted by atomic mass is 79.9. The third-order valence-corrected chi connectivity index (χ3v) is 3.49. The van der Waals surface area contributed by atoms with Gasteiger partial charge in [-0.1, -0.05) is 6.07 Å². The molecular weight excluding hydrogens is 258 g/mol. The van der Waals surface area contributed by atoms with E-state index in [4.69, 9.17) is 9.88 Å².